The Morgan fingerprint density at radius 2 is 2.00 bits per heavy atom. The zero-order valence-electron chi connectivity index (χ0n) is 7.44. The highest BCUT2D eigenvalue weighted by atomic mass is 19.1. The SMILES string of the molecule is CC(C)C(F)CCC1(N)CC1. The van der Waals surface area contributed by atoms with Gasteiger partial charge in [-0.1, -0.05) is 13.8 Å². The van der Waals surface area contributed by atoms with E-state index in [2.05, 4.69) is 0 Å². The van der Waals surface area contributed by atoms with Gasteiger partial charge < -0.3 is 5.73 Å². The van der Waals surface area contributed by atoms with E-state index in [-0.39, 0.29) is 11.5 Å². The Kier molecular flexibility index (Phi) is 2.53. The lowest BCUT2D eigenvalue weighted by Gasteiger charge is -2.14. The van der Waals surface area contributed by atoms with Gasteiger partial charge in [-0.25, -0.2) is 4.39 Å². The number of hydrogen-bond donors (Lipinski definition) is 1. The second-order valence-electron chi connectivity index (χ2n) is 4.16. The van der Waals surface area contributed by atoms with Gasteiger partial charge in [-0.2, -0.15) is 0 Å². The fourth-order valence-corrected chi connectivity index (χ4v) is 1.17. The quantitative estimate of drug-likeness (QED) is 0.669. The molecule has 11 heavy (non-hydrogen) atoms. The van der Waals surface area contributed by atoms with Crippen molar-refractivity contribution in [1.82, 2.24) is 0 Å². The summed E-state index contributed by atoms with van der Waals surface area (Å²) in [6, 6.07) is 0. The molecular weight excluding hydrogens is 141 g/mol. The molecule has 1 aliphatic carbocycles. The molecule has 0 aliphatic heterocycles. The van der Waals surface area contributed by atoms with Crippen LogP contribution in [0, 0.1) is 5.92 Å². The van der Waals surface area contributed by atoms with Crippen LogP contribution >= 0.6 is 0 Å². The van der Waals surface area contributed by atoms with Crippen molar-refractivity contribution in [2.75, 3.05) is 0 Å². The molecule has 2 heteroatoms. The van der Waals surface area contributed by atoms with E-state index in [1.165, 1.54) is 0 Å². The van der Waals surface area contributed by atoms with E-state index < -0.39 is 6.17 Å². The summed E-state index contributed by atoms with van der Waals surface area (Å²) >= 11 is 0. The van der Waals surface area contributed by atoms with E-state index in [1.807, 2.05) is 13.8 Å². The molecule has 0 aromatic carbocycles. The Bertz CT molecular complexity index is 130. The maximum atomic E-state index is 13.0. The van der Waals surface area contributed by atoms with Gasteiger partial charge >= 0.3 is 0 Å². The van der Waals surface area contributed by atoms with Crippen molar-refractivity contribution in [1.29, 1.82) is 0 Å². The van der Waals surface area contributed by atoms with Gasteiger partial charge in [0.05, 0.1) is 0 Å². The van der Waals surface area contributed by atoms with Crippen molar-refractivity contribution < 1.29 is 4.39 Å². The van der Waals surface area contributed by atoms with Crippen LogP contribution < -0.4 is 5.73 Å². The topological polar surface area (TPSA) is 26.0 Å². The molecular formula is C9H18FN. The van der Waals surface area contributed by atoms with E-state index in [0.717, 1.165) is 19.3 Å². The first-order chi connectivity index (χ1) is 5.03. The van der Waals surface area contributed by atoms with Crippen molar-refractivity contribution >= 4 is 0 Å². The Morgan fingerprint density at radius 1 is 1.45 bits per heavy atom. The summed E-state index contributed by atoms with van der Waals surface area (Å²) in [5, 5.41) is 0. The summed E-state index contributed by atoms with van der Waals surface area (Å²) in [6.45, 7) is 3.83. The lowest BCUT2D eigenvalue weighted by molar-refractivity contribution is 0.229. The van der Waals surface area contributed by atoms with Gasteiger partial charge in [-0.05, 0) is 31.6 Å². The Labute approximate surface area is 68.2 Å². The maximum absolute atomic E-state index is 13.0. The van der Waals surface area contributed by atoms with Gasteiger partial charge in [0.1, 0.15) is 6.17 Å². The van der Waals surface area contributed by atoms with Crippen LogP contribution in [-0.4, -0.2) is 11.7 Å². The first-order valence-electron chi connectivity index (χ1n) is 4.46. The van der Waals surface area contributed by atoms with Gasteiger partial charge in [0.25, 0.3) is 0 Å². The molecule has 1 saturated carbocycles. The molecule has 0 spiro atoms. The molecule has 2 N–H and O–H groups in total. The fraction of sp³-hybridized carbons (Fsp3) is 1.00. The molecule has 1 fully saturated rings. The molecule has 0 saturated heterocycles. The number of rotatable bonds is 4. The van der Waals surface area contributed by atoms with E-state index in [4.69, 9.17) is 5.73 Å². The summed E-state index contributed by atoms with van der Waals surface area (Å²) in [5.74, 6) is 0.150. The number of halogens is 1. The standard InChI is InChI=1S/C9H18FN/c1-7(2)8(10)3-4-9(11)5-6-9/h7-8H,3-6,11H2,1-2H3. The monoisotopic (exact) mass is 159 g/mol. The lowest BCUT2D eigenvalue weighted by Crippen LogP contribution is -2.23. The van der Waals surface area contributed by atoms with E-state index >= 15 is 0 Å². The highest BCUT2D eigenvalue weighted by Crippen LogP contribution is 2.37. The van der Waals surface area contributed by atoms with E-state index in [0.29, 0.717) is 6.42 Å². The first kappa shape index (κ1) is 8.98. The number of nitrogens with two attached hydrogens (primary N) is 1. The molecule has 1 unspecified atom stereocenters. The maximum Gasteiger partial charge on any atom is 0.102 e. The first-order valence-corrected chi connectivity index (χ1v) is 4.46. The Balaban J connectivity index is 2.11. The third-order valence-corrected chi connectivity index (χ3v) is 2.53. The summed E-state index contributed by atoms with van der Waals surface area (Å²) in [7, 11) is 0. The van der Waals surface area contributed by atoms with Crippen LogP contribution in [0.5, 0.6) is 0 Å². The smallest absolute Gasteiger partial charge is 0.102 e. The summed E-state index contributed by atoms with van der Waals surface area (Å²) in [5.41, 5.74) is 5.86. The molecule has 1 atom stereocenters. The van der Waals surface area contributed by atoms with Crippen LogP contribution in [-0.2, 0) is 0 Å². The van der Waals surface area contributed by atoms with Crippen LogP contribution in [0.25, 0.3) is 0 Å². The highest BCUT2D eigenvalue weighted by molar-refractivity contribution is 4.98. The van der Waals surface area contributed by atoms with Crippen molar-refractivity contribution in [3.05, 3.63) is 0 Å². The van der Waals surface area contributed by atoms with Crippen molar-refractivity contribution in [2.24, 2.45) is 11.7 Å². The van der Waals surface area contributed by atoms with Crippen LogP contribution in [0.4, 0.5) is 4.39 Å². The molecule has 0 aromatic heterocycles. The normalized spacial score (nSPS) is 23.7. The summed E-state index contributed by atoms with van der Waals surface area (Å²) in [4.78, 5) is 0. The number of alkyl halides is 1. The van der Waals surface area contributed by atoms with Crippen molar-refractivity contribution in [3.8, 4) is 0 Å². The molecule has 1 rings (SSSR count). The predicted molar refractivity (Wildman–Crippen MR) is 45.1 cm³/mol. The second kappa shape index (κ2) is 3.10. The van der Waals surface area contributed by atoms with Gasteiger partial charge in [0, 0.05) is 5.54 Å². The van der Waals surface area contributed by atoms with Gasteiger partial charge in [0.15, 0.2) is 0 Å². The van der Waals surface area contributed by atoms with E-state index in [1.54, 1.807) is 0 Å². The Morgan fingerprint density at radius 3 is 2.36 bits per heavy atom. The summed E-state index contributed by atoms with van der Waals surface area (Å²) in [6.07, 6.45) is 3.05. The van der Waals surface area contributed by atoms with Crippen molar-refractivity contribution in [2.45, 2.75) is 51.2 Å². The third kappa shape index (κ3) is 2.78. The zero-order chi connectivity index (χ0) is 8.48. The summed E-state index contributed by atoms with van der Waals surface area (Å²) < 4.78 is 13.0. The zero-order valence-corrected chi connectivity index (χ0v) is 7.44. The second-order valence-corrected chi connectivity index (χ2v) is 4.16. The van der Waals surface area contributed by atoms with Crippen LogP contribution in [0.15, 0.2) is 0 Å². The van der Waals surface area contributed by atoms with Crippen molar-refractivity contribution in [3.63, 3.8) is 0 Å². The molecule has 1 nitrogen and oxygen atoms in total. The van der Waals surface area contributed by atoms with Crippen LogP contribution in [0.2, 0.25) is 0 Å². The fourth-order valence-electron chi connectivity index (χ4n) is 1.17. The molecule has 0 radical (unpaired) electrons. The average molecular weight is 159 g/mol. The minimum absolute atomic E-state index is 0.0270. The lowest BCUT2D eigenvalue weighted by atomic mass is 10.0. The highest BCUT2D eigenvalue weighted by Gasteiger charge is 2.38. The van der Waals surface area contributed by atoms with Crippen LogP contribution in [0.1, 0.15) is 39.5 Å². The third-order valence-electron chi connectivity index (χ3n) is 2.53. The Hall–Kier alpha value is -0.110. The molecule has 0 amide bonds. The minimum atomic E-state index is -0.656. The molecule has 0 heterocycles. The average Bonchev–Trinajstić information content (AvgIpc) is 2.64. The molecule has 0 bridgehead atoms. The molecule has 0 aromatic rings. The number of hydrogen-bond acceptors (Lipinski definition) is 1. The van der Waals surface area contributed by atoms with Gasteiger partial charge in [-0.15, -0.1) is 0 Å². The molecule has 1 aliphatic rings. The molecule has 66 valence electrons. The minimum Gasteiger partial charge on any atom is -0.325 e. The van der Waals surface area contributed by atoms with E-state index in [9.17, 15) is 4.39 Å². The van der Waals surface area contributed by atoms with Gasteiger partial charge in [0.2, 0.25) is 0 Å². The largest absolute Gasteiger partial charge is 0.325 e. The van der Waals surface area contributed by atoms with Crippen LogP contribution in [0.3, 0.4) is 0 Å². The predicted octanol–water partition coefficient (Wildman–Crippen LogP) is 2.25. The van der Waals surface area contributed by atoms with Gasteiger partial charge in [-0.3, -0.25) is 0 Å².